The molecular weight excluding hydrogens is 785 g/mol. The fourth-order valence-corrected chi connectivity index (χ4v) is 6.39. The summed E-state index contributed by atoms with van der Waals surface area (Å²) in [6.07, 6.45) is -12.3. The molecule has 1 N–H and O–H groups in total. The summed E-state index contributed by atoms with van der Waals surface area (Å²) in [4.78, 5) is 42.2. The molecule has 4 aromatic heterocycles. The smallest absolute Gasteiger partial charge is 0.410 e. The third-order valence-electron chi connectivity index (χ3n) is 7.76. The van der Waals surface area contributed by atoms with Gasteiger partial charge in [-0.3, -0.25) is 0 Å². The average molecular weight is 875 g/mol. The van der Waals surface area contributed by atoms with Crippen LogP contribution in [0.15, 0.2) is 66.3 Å². The van der Waals surface area contributed by atoms with Gasteiger partial charge >= 0.3 is 12.2 Å². The summed E-state index contributed by atoms with van der Waals surface area (Å²) >= 11 is 0. The first kappa shape index (κ1) is 19.5. The number of rotatable bonds is 6. The van der Waals surface area contributed by atoms with Crippen molar-refractivity contribution in [1.82, 2.24) is 38.7 Å². The predicted molar refractivity (Wildman–Crippen MR) is 233 cm³/mol. The third kappa shape index (κ3) is 9.77. The van der Waals surface area contributed by atoms with Crippen LogP contribution in [0.25, 0.3) is 22.1 Å². The second-order valence-electron chi connectivity index (χ2n) is 14.6. The molecule has 17 heteroatoms. The van der Waals surface area contributed by atoms with E-state index < -0.39 is 174 Å². The van der Waals surface area contributed by atoms with Gasteiger partial charge in [-0.2, -0.15) is 0 Å². The van der Waals surface area contributed by atoms with E-state index in [1.165, 1.54) is 72.0 Å². The Kier molecular flexibility index (Phi) is 5.61. The van der Waals surface area contributed by atoms with Gasteiger partial charge in [0.05, 0.1) is 35.9 Å². The molecule has 2 aliphatic rings. The topological polar surface area (TPSA) is 172 Å². The average Bonchev–Trinajstić information content (AvgIpc) is 1.32. The summed E-state index contributed by atoms with van der Waals surface area (Å²) in [6, 6.07) is -1.16. The van der Waals surface area contributed by atoms with Crippen LogP contribution in [0.1, 0.15) is 115 Å². The Morgan fingerprint density at radius 1 is 0.817 bits per heavy atom. The van der Waals surface area contributed by atoms with Crippen LogP contribution in [-0.2, 0) is 19.5 Å². The minimum absolute atomic E-state index is 0.198. The van der Waals surface area contributed by atoms with Crippen LogP contribution < -0.4 is 9.80 Å². The minimum Gasteiger partial charge on any atom is -0.444 e. The van der Waals surface area contributed by atoms with Crippen molar-refractivity contribution in [3.8, 4) is 0 Å². The number of hydrogen-bond donors (Lipinski definition) is 1. The van der Waals surface area contributed by atoms with E-state index in [9.17, 15) is 20.7 Å². The number of likely N-dealkylation sites (N-methyl/N-ethyl adjacent to an activating group) is 2. The van der Waals surface area contributed by atoms with Gasteiger partial charge in [0.25, 0.3) is 10.0 Å². The summed E-state index contributed by atoms with van der Waals surface area (Å²) in [5, 5.41) is -0.915. The lowest BCUT2D eigenvalue weighted by Gasteiger charge is -2.42. The zero-order valence-electron chi connectivity index (χ0n) is 63.0. The van der Waals surface area contributed by atoms with Crippen molar-refractivity contribution in [2.24, 2.45) is 11.8 Å². The number of anilines is 2. The number of nitrogens with zero attached hydrogens (tertiary/aromatic N) is 9. The third-order valence-corrected chi connectivity index (χ3v) is 9.44. The van der Waals surface area contributed by atoms with Gasteiger partial charge in [0.2, 0.25) is 0 Å². The first-order valence-corrected chi connectivity index (χ1v) is 18.9. The summed E-state index contributed by atoms with van der Waals surface area (Å²) in [5.74, 6) is -10.9. The van der Waals surface area contributed by atoms with Crippen LogP contribution in [0.5, 0.6) is 0 Å². The highest BCUT2D eigenvalue weighted by Gasteiger charge is 2.36. The van der Waals surface area contributed by atoms with E-state index in [1.807, 2.05) is 0 Å². The number of nitrogens with one attached hydrogen (secondary N) is 1. The van der Waals surface area contributed by atoms with E-state index >= 15 is 0 Å². The number of piperidine rings is 2. The van der Waals surface area contributed by atoms with Crippen molar-refractivity contribution < 1.29 is 68.6 Å². The zero-order valence-corrected chi connectivity index (χ0v) is 33.8. The van der Waals surface area contributed by atoms with Crippen LogP contribution in [0, 0.1) is 18.7 Å². The second kappa shape index (κ2) is 17.3. The van der Waals surface area contributed by atoms with Gasteiger partial charge in [-0.25, -0.2) is 41.9 Å². The molecule has 2 amide bonds. The Hall–Kier alpha value is -5.45. The van der Waals surface area contributed by atoms with Gasteiger partial charge in [-0.1, -0.05) is 31.4 Å². The van der Waals surface area contributed by atoms with Gasteiger partial charge in [0.15, 0.2) is 5.65 Å². The van der Waals surface area contributed by atoms with E-state index in [-0.39, 0.29) is 20.8 Å². The number of H-pyrrole nitrogens is 1. The molecule has 0 radical (unpaired) electrons. The van der Waals surface area contributed by atoms with Crippen molar-refractivity contribution in [2.75, 3.05) is 49.7 Å². The monoisotopic (exact) mass is 875 g/mol. The van der Waals surface area contributed by atoms with Gasteiger partial charge < -0.3 is 34.1 Å². The number of benzene rings is 1. The van der Waals surface area contributed by atoms with Crippen molar-refractivity contribution in [3.05, 3.63) is 67.0 Å². The lowest BCUT2D eigenvalue weighted by atomic mass is 9.92. The Labute approximate surface area is 395 Å². The summed E-state index contributed by atoms with van der Waals surface area (Å²) in [7, 11) is -4.56. The zero-order chi connectivity index (χ0) is 69.9. The molecule has 4 atom stereocenters. The summed E-state index contributed by atoms with van der Waals surface area (Å²) < 4.78 is 294. The standard InChI is InChI=1S/C25H33N5O4S.C18H27N5O2/c1-17-7-9-19(10-8-17)35(32,33)30-14-12-20-22(26-16-27-23(20)30)28(6)21-15-29(13-11-18(21)2)24(31)34-25(3,4)5;1-12-7-9-23(17(24)25-18(2,3)4)10-14(12)22(5)16-13-6-8-19-15(13)20-11-21-16/h7-10,12,14,16,18,21H,11,13,15H2,1-6H3;6,8,11-12,14H,7,9-10H2,1-5H3,(H,19,20,21)/i2D3,6D3,11D2,13D2,15D2,16D,18D,21D;1D3,5D3,7D2,9D2,10D2,11D,12D,14D. The molecule has 2 aliphatic heterocycles. The summed E-state index contributed by atoms with van der Waals surface area (Å²) in [5.41, 5.74) is -3.16. The maximum Gasteiger partial charge on any atom is 0.410 e. The van der Waals surface area contributed by atoms with Crippen molar-refractivity contribution >= 4 is 55.9 Å². The number of likely N-dealkylation sites (tertiary alicyclic amines) is 2. The van der Waals surface area contributed by atoms with E-state index in [0.29, 0.717) is 9.54 Å². The molecule has 0 saturated carbocycles. The number of amides is 2. The molecule has 2 saturated heterocycles. The SMILES string of the molecule is [2H]c1nc(N(C([2H])([2H])[2H])C2([2H])C([2H])([2H])N(C(=O)OC(C)(C)C)C([2H])([2H])C([2H])([2H])C2([2H])C([2H])([2H])[2H])c2cc[nH]c2n1.[2H]c1nc(N(C([2H])([2H])[2H])C2([2H])C([2H])([2H])N(C(=O)OC(C)(C)C)C([2H])([2H])C([2H])([2H])C2([2H])C([2H])([2H])[2H])c2ccn(S(=O)(=O)c3ccc(C)cc3)c2n1. The molecule has 0 aliphatic carbocycles. The minimum atomic E-state index is -4.56. The molecule has 0 bridgehead atoms. The maximum atomic E-state index is 13.7. The maximum absolute atomic E-state index is 13.7. The lowest BCUT2D eigenvalue weighted by Crippen LogP contribution is -2.53. The fraction of sp³-hybridized carbons (Fsp3) is 0.535. The number of hydrogen-bond acceptors (Lipinski definition) is 12. The second-order valence-corrected chi connectivity index (χ2v) is 16.5. The predicted octanol–water partition coefficient (Wildman–Crippen LogP) is 7.10. The molecule has 7 rings (SSSR count). The van der Waals surface area contributed by atoms with Crippen LogP contribution in [0.3, 0.4) is 0 Å². The van der Waals surface area contributed by atoms with Gasteiger partial charge in [-0.05, 0) is 97.3 Å². The van der Waals surface area contributed by atoms with Crippen LogP contribution in [0.2, 0.25) is 0 Å². The number of ether oxygens (including phenoxy) is 2. The highest BCUT2D eigenvalue weighted by atomic mass is 32.2. The molecule has 6 heterocycles. The van der Waals surface area contributed by atoms with E-state index in [1.54, 1.807) is 6.92 Å². The molecule has 5 aromatic rings. The largest absolute Gasteiger partial charge is 0.444 e. The number of fused-ring (bicyclic) bond motifs is 2. The van der Waals surface area contributed by atoms with E-state index in [2.05, 4.69) is 24.9 Å². The molecule has 0 spiro atoms. The highest BCUT2D eigenvalue weighted by molar-refractivity contribution is 7.90. The van der Waals surface area contributed by atoms with E-state index in [0.717, 1.165) is 18.3 Å². The number of aromatic nitrogens is 6. The molecular formula is C43H60N10O6S. The first-order chi connectivity index (χ1) is 39.8. The van der Waals surface area contributed by atoms with E-state index in [4.69, 9.17) is 47.9 Å². The van der Waals surface area contributed by atoms with Gasteiger partial charge in [0, 0.05) is 82.5 Å². The molecule has 60 heavy (non-hydrogen) atoms. The van der Waals surface area contributed by atoms with Crippen molar-refractivity contribution in [1.29, 1.82) is 0 Å². The number of aryl methyl sites for hydroxylation is 1. The quantitative estimate of drug-likeness (QED) is 0.184. The Balaban J connectivity index is 0.000000294. The fourth-order valence-electron chi connectivity index (χ4n) is 5.10. The summed E-state index contributed by atoms with van der Waals surface area (Å²) in [6.45, 7) is -23.2. The molecule has 16 nitrogen and oxygen atoms in total. The molecule has 324 valence electrons. The van der Waals surface area contributed by atoms with Crippen LogP contribution >= 0.6 is 0 Å². The van der Waals surface area contributed by atoms with Crippen LogP contribution in [0.4, 0.5) is 21.2 Å². The number of carbonyl (C=O) groups is 2. The normalized spacial score (nSPS) is 38.2. The Bertz CT molecular complexity index is 3730. The molecule has 4 unspecified atom stereocenters. The molecule has 1 aromatic carbocycles. The van der Waals surface area contributed by atoms with Crippen molar-refractivity contribution in [2.45, 2.75) is 103 Å². The number of carbonyl (C=O) groups excluding carboxylic acids is 2. The number of aromatic amines is 1. The lowest BCUT2D eigenvalue weighted by molar-refractivity contribution is 0.0155. The Morgan fingerprint density at radius 2 is 1.35 bits per heavy atom. The highest BCUT2D eigenvalue weighted by Crippen LogP contribution is 2.32. The van der Waals surface area contributed by atoms with Gasteiger partial charge in [-0.15, -0.1) is 0 Å². The van der Waals surface area contributed by atoms with Crippen LogP contribution in [-0.4, -0.2) is 122 Å². The first-order valence-electron chi connectivity index (χ1n) is 32.5. The molecule has 2 fully saturated rings. The van der Waals surface area contributed by atoms with Gasteiger partial charge in [0.1, 0.15) is 43.8 Å². The Morgan fingerprint density at radius 3 is 1.87 bits per heavy atom. The van der Waals surface area contributed by atoms with Crippen molar-refractivity contribution in [3.63, 3.8) is 0 Å².